The van der Waals surface area contributed by atoms with E-state index < -0.39 is 23.4 Å². The molecule has 1 aromatic carbocycles. The van der Waals surface area contributed by atoms with Crippen LogP contribution in [0.5, 0.6) is 0 Å². The number of carbonyl (C=O) groups is 4. The Hall–Kier alpha value is -2.90. The minimum absolute atomic E-state index is 0.109. The Morgan fingerprint density at radius 2 is 1.77 bits per heavy atom. The average Bonchev–Trinajstić information content (AvgIpc) is 3.00. The van der Waals surface area contributed by atoms with Gasteiger partial charge in [0.1, 0.15) is 5.54 Å². The van der Waals surface area contributed by atoms with Gasteiger partial charge in [-0.15, -0.1) is 0 Å². The van der Waals surface area contributed by atoms with Gasteiger partial charge in [-0.3, -0.25) is 19.8 Å². The molecular weight excluding hydrogens is 396 g/mol. The van der Waals surface area contributed by atoms with Crippen molar-refractivity contribution in [1.82, 2.24) is 20.7 Å². The minimum atomic E-state index is -0.892. The molecule has 0 radical (unpaired) electrons. The second-order valence-electron chi connectivity index (χ2n) is 9.27. The molecule has 8 nitrogen and oxygen atoms in total. The summed E-state index contributed by atoms with van der Waals surface area (Å²) in [6, 6.07) is 6.79. The van der Waals surface area contributed by atoms with Gasteiger partial charge >= 0.3 is 6.03 Å². The lowest BCUT2D eigenvalue weighted by molar-refractivity contribution is -0.142. The molecule has 0 aromatic heterocycles. The summed E-state index contributed by atoms with van der Waals surface area (Å²) < 4.78 is 0. The van der Waals surface area contributed by atoms with Crippen LogP contribution < -0.4 is 10.7 Å². The Morgan fingerprint density at radius 3 is 2.45 bits per heavy atom. The SMILES string of the molecule is Cc1ccc(C(=O)N2CCCC(C(=O)NN3C(=O)NC4(CCC(C)CC4)C3=O)C2)cc1. The number of piperidine rings is 1. The van der Waals surface area contributed by atoms with Crippen molar-refractivity contribution in [3.63, 3.8) is 0 Å². The lowest BCUT2D eigenvalue weighted by Gasteiger charge is -2.34. The van der Waals surface area contributed by atoms with Gasteiger partial charge in [-0.1, -0.05) is 24.6 Å². The lowest BCUT2D eigenvalue weighted by Crippen LogP contribution is -2.54. The molecule has 2 N–H and O–H groups in total. The molecular formula is C23H30N4O4. The maximum Gasteiger partial charge on any atom is 0.344 e. The highest BCUT2D eigenvalue weighted by Crippen LogP contribution is 2.36. The number of rotatable bonds is 3. The van der Waals surface area contributed by atoms with Crippen LogP contribution in [0.15, 0.2) is 24.3 Å². The van der Waals surface area contributed by atoms with Crippen LogP contribution >= 0.6 is 0 Å². The molecule has 8 heteroatoms. The third-order valence-corrected chi connectivity index (χ3v) is 6.89. The smallest absolute Gasteiger partial charge is 0.338 e. The average molecular weight is 427 g/mol. The standard InChI is InChI=1S/C23H30N4O4/c1-15-5-7-17(8-6-15)20(29)26-13-3-4-18(14-26)19(28)25-27-21(30)23(24-22(27)31)11-9-16(2)10-12-23/h5-8,16,18H,3-4,9-14H2,1-2H3,(H,24,31)(H,25,28). The molecule has 1 atom stereocenters. The molecule has 1 saturated carbocycles. The van der Waals surface area contributed by atoms with Gasteiger partial charge in [0.2, 0.25) is 5.91 Å². The predicted octanol–water partition coefficient (Wildman–Crippen LogP) is 2.38. The first-order chi connectivity index (χ1) is 14.8. The Labute approximate surface area is 182 Å². The number of hydrogen-bond acceptors (Lipinski definition) is 4. The minimum Gasteiger partial charge on any atom is -0.338 e. The quantitative estimate of drug-likeness (QED) is 0.725. The molecule has 1 aromatic rings. The summed E-state index contributed by atoms with van der Waals surface area (Å²) in [6.07, 6.45) is 4.22. The monoisotopic (exact) mass is 426 g/mol. The van der Waals surface area contributed by atoms with Crippen LogP contribution in [-0.2, 0) is 9.59 Å². The molecule has 3 fully saturated rings. The molecule has 166 valence electrons. The Balaban J connectivity index is 1.39. The number of benzene rings is 1. The molecule has 3 aliphatic rings. The van der Waals surface area contributed by atoms with Crippen molar-refractivity contribution in [2.75, 3.05) is 13.1 Å². The highest BCUT2D eigenvalue weighted by molar-refractivity contribution is 6.08. The molecule has 1 unspecified atom stereocenters. The number of likely N-dealkylation sites (tertiary alicyclic amines) is 1. The maximum atomic E-state index is 13.0. The van der Waals surface area contributed by atoms with Gasteiger partial charge in [0.25, 0.3) is 11.8 Å². The van der Waals surface area contributed by atoms with Gasteiger partial charge in [0.15, 0.2) is 0 Å². The Morgan fingerprint density at radius 1 is 1.10 bits per heavy atom. The zero-order valence-electron chi connectivity index (χ0n) is 18.1. The zero-order valence-corrected chi connectivity index (χ0v) is 18.1. The number of aryl methyl sites for hydroxylation is 1. The normalized spacial score (nSPS) is 28.6. The lowest BCUT2D eigenvalue weighted by atomic mass is 9.77. The summed E-state index contributed by atoms with van der Waals surface area (Å²) in [6.45, 7) is 4.95. The first-order valence-electron chi connectivity index (χ1n) is 11.1. The van der Waals surface area contributed by atoms with E-state index >= 15 is 0 Å². The van der Waals surface area contributed by atoms with Crippen molar-refractivity contribution in [1.29, 1.82) is 0 Å². The van der Waals surface area contributed by atoms with Crippen LogP contribution in [0.3, 0.4) is 0 Å². The van der Waals surface area contributed by atoms with Gasteiger partial charge in [-0.2, -0.15) is 5.01 Å². The largest absolute Gasteiger partial charge is 0.344 e. The predicted molar refractivity (Wildman–Crippen MR) is 114 cm³/mol. The maximum absolute atomic E-state index is 13.0. The number of hydrogen-bond donors (Lipinski definition) is 2. The van der Waals surface area contributed by atoms with E-state index in [1.54, 1.807) is 17.0 Å². The molecule has 4 rings (SSSR count). The second kappa shape index (κ2) is 8.32. The third kappa shape index (κ3) is 4.16. The van der Waals surface area contributed by atoms with Crippen molar-refractivity contribution in [3.8, 4) is 0 Å². The van der Waals surface area contributed by atoms with Crippen LogP contribution in [0, 0.1) is 18.8 Å². The summed E-state index contributed by atoms with van der Waals surface area (Å²) in [5.41, 5.74) is 3.31. The fourth-order valence-corrected chi connectivity index (χ4v) is 4.77. The summed E-state index contributed by atoms with van der Waals surface area (Å²) >= 11 is 0. The number of imide groups is 1. The van der Waals surface area contributed by atoms with E-state index in [9.17, 15) is 19.2 Å². The topological polar surface area (TPSA) is 98.8 Å². The summed E-state index contributed by atoms with van der Waals surface area (Å²) in [7, 11) is 0. The van der Waals surface area contributed by atoms with Crippen molar-refractivity contribution in [3.05, 3.63) is 35.4 Å². The van der Waals surface area contributed by atoms with Gasteiger partial charge in [0.05, 0.1) is 5.92 Å². The van der Waals surface area contributed by atoms with Gasteiger partial charge in [-0.25, -0.2) is 4.79 Å². The second-order valence-corrected chi connectivity index (χ2v) is 9.27. The highest BCUT2D eigenvalue weighted by atomic mass is 16.2. The molecule has 0 bridgehead atoms. The summed E-state index contributed by atoms with van der Waals surface area (Å²) in [4.78, 5) is 52.8. The molecule has 2 aliphatic heterocycles. The van der Waals surface area contributed by atoms with E-state index in [2.05, 4.69) is 17.7 Å². The van der Waals surface area contributed by atoms with E-state index in [0.29, 0.717) is 43.7 Å². The van der Waals surface area contributed by atoms with Crippen molar-refractivity contribution >= 4 is 23.8 Å². The molecule has 2 saturated heterocycles. The van der Waals surface area contributed by atoms with E-state index in [4.69, 9.17) is 0 Å². The summed E-state index contributed by atoms with van der Waals surface area (Å²) in [5.74, 6) is -0.819. The van der Waals surface area contributed by atoms with Crippen molar-refractivity contribution in [2.45, 2.75) is 57.9 Å². The first kappa shape index (κ1) is 21.3. The molecule has 2 heterocycles. The summed E-state index contributed by atoms with van der Waals surface area (Å²) in [5, 5.41) is 3.66. The van der Waals surface area contributed by atoms with Gasteiger partial charge in [0, 0.05) is 18.7 Å². The fourth-order valence-electron chi connectivity index (χ4n) is 4.77. The molecule has 1 aliphatic carbocycles. The van der Waals surface area contributed by atoms with Gasteiger partial charge < -0.3 is 10.2 Å². The van der Waals surface area contributed by atoms with E-state index in [0.717, 1.165) is 23.4 Å². The van der Waals surface area contributed by atoms with Crippen molar-refractivity contribution in [2.24, 2.45) is 11.8 Å². The fraction of sp³-hybridized carbons (Fsp3) is 0.565. The number of urea groups is 1. The highest BCUT2D eigenvalue weighted by Gasteiger charge is 2.53. The number of carbonyl (C=O) groups excluding carboxylic acids is 4. The van der Waals surface area contributed by atoms with E-state index in [-0.39, 0.29) is 18.4 Å². The van der Waals surface area contributed by atoms with E-state index in [1.165, 1.54) is 0 Å². The van der Waals surface area contributed by atoms with Gasteiger partial charge in [-0.05, 0) is 63.5 Å². The van der Waals surface area contributed by atoms with E-state index in [1.807, 2.05) is 19.1 Å². The molecule has 31 heavy (non-hydrogen) atoms. The Bertz CT molecular complexity index is 889. The van der Waals surface area contributed by atoms with Crippen LogP contribution in [0.4, 0.5) is 4.79 Å². The Kier molecular flexibility index (Phi) is 5.73. The molecule has 5 amide bonds. The number of nitrogens with zero attached hydrogens (tertiary/aromatic N) is 2. The number of hydrazine groups is 1. The molecule has 1 spiro atoms. The first-order valence-corrected chi connectivity index (χ1v) is 11.1. The number of nitrogens with one attached hydrogen (secondary N) is 2. The van der Waals surface area contributed by atoms with Crippen LogP contribution in [0.25, 0.3) is 0 Å². The van der Waals surface area contributed by atoms with Crippen LogP contribution in [0.1, 0.15) is 61.4 Å². The zero-order chi connectivity index (χ0) is 22.2. The third-order valence-electron chi connectivity index (χ3n) is 6.89. The van der Waals surface area contributed by atoms with Crippen LogP contribution in [-0.4, -0.2) is 52.3 Å². The number of amides is 5. The van der Waals surface area contributed by atoms with Crippen molar-refractivity contribution < 1.29 is 19.2 Å². The van der Waals surface area contributed by atoms with Crippen LogP contribution in [0.2, 0.25) is 0 Å².